The van der Waals surface area contributed by atoms with Gasteiger partial charge in [0.05, 0.1) is 26.3 Å². The van der Waals surface area contributed by atoms with E-state index in [1.165, 1.54) is 197 Å². The minimum absolute atomic E-state index is 0. The molecule has 0 aromatic rings. The van der Waals surface area contributed by atoms with Gasteiger partial charge in [-0.1, -0.05) is 154 Å². The first-order valence-electron chi connectivity index (χ1n) is 21.8. The quantitative estimate of drug-likeness (QED) is 0.0387. The Balaban J connectivity index is 0.0000230. The van der Waals surface area contributed by atoms with Gasteiger partial charge in [0.25, 0.3) is 0 Å². The van der Waals surface area contributed by atoms with Crippen molar-refractivity contribution in [1.82, 2.24) is 5.32 Å². The molecule has 49 heavy (non-hydrogen) atoms. The van der Waals surface area contributed by atoms with Gasteiger partial charge in [0, 0.05) is 26.3 Å². The summed E-state index contributed by atoms with van der Waals surface area (Å²) in [5, 5.41) is 3.56. The number of quaternary nitrogens is 1. The first kappa shape index (κ1) is 48.8. The van der Waals surface area contributed by atoms with E-state index < -0.39 is 0 Å². The SMILES string of the molecule is CCCCCCCC/C=C\CCCCCCCCOCC[N+]1(CCOCCCCCCCC/C=C\CCCCCCCC)CCNCC1.[Br-]. The van der Waals surface area contributed by atoms with Gasteiger partial charge in [-0.3, -0.25) is 0 Å². The molecule has 0 atom stereocenters. The van der Waals surface area contributed by atoms with Gasteiger partial charge in [0.1, 0.15) is 13.1 Å². The van der Waals surface area contributed by atoms with Crippen LogP contribution in [0.3, 0.4) is 0 Å². The van der Waals surface area contributed by atoms with E-state index in [0.717, 1.165) is 52.6 Å². The van der Waals surface area contributed by atoms with E-state index in [9.17, 15) is 0 Å². The molecule has 0 unspecified atom stereocenters. The first-order chi connectivity index (χ1) is 23.8. The number of hydrogen-bond donors (Lipinski definition) is 1. The third-order valence-electron chi connectivity index (χ3n) is 10.5. The summed E-state index contributed by atoms with van der Waals surface area (Å²) in [6.45, 7) is 15.2. The van der Waals surface area contributed by atoms with Gasteiger partial charge in [-0.25, -0.2) is 0 Å². The molecule has 0 aromatic carbocycles. The van der Waals surface area contributed by atoms with Crippen LogP contribution in [0.15, 0.2) is 24.3 Å². The second-order valence-electron chi connectivity index (χ2n) is 15.1. The third-order valence-corrected chi connectivity index (χ3v) is 10.5. The molecule has 1 aliphatic rings. The van der Waals surface area contributed by atoms with Crippen LogP contribution in [0.25, 0.3) is 0 Å². The van der Waals surface area contributed by atoms with Crippen LogP contribution in [0.2, 0.25) is 0 Å². The highest BCUT2D eigenvalue weighted by molar-refractivity contribution is 4.82. The molecule has 1 aliphatic heterocycles. The summed E-state index contributed by atoms with van der Waals surface area (Å²) >= 11 is 0. The highest BCUT2D eigenvalue weighted by atomic mass is 79.9. The number of halogens is 1. The lowest BCUT2D eigenvalue weighted by molar-refractivity contribution is -0.930. The second kappa shape index (κ2) is 40.6. The highest BCUT2D eigenvalue weighted by Gasteiger charge is 2.29. The highest BCUT2D eigenvalue weighted by Crippen LogP contribution is 2.13. The Morgan fingerprint density at radius 1 is 0.408 bits per heavy atom. The Bertz CT molecular complexity index is 630. The fraction of sp³-hybridized carbons (Fsp3) is 0.909. The van der Waals surface area contributed by atoms with E-state index in [-0.39, 0.29) is 17.0 Å². The molecule has 5 heteroatoms. The summed E-state index contributed by atoms with van der Waals surface area (Å²) in [5.74, 6) is 0. The molecule has 292 valence electrons. The number of nitrogens with zero attached hydrogens (tertiary/aromatic N) is 1. The van der Waals surface area contributed by atoms with Gasteiger partial charge in [-0.05, 0) is 64.2 Å². The summed E-state index contributed by atoms with van der Waals surface area (Å²) in [5.41, 5.74) is 0. The maximum atomic E-state index is 6.13. The fourth-order valence-corrected chi connectivity index (χ4v) is 7.05. The van der Waals surface area contributed by atoms with Crippen molar-refractivity contribution in [2.75, 3.05) is 65.7 Å². The van der Waals surface area contributed by atoms with Crippen LogP contribution in [0.1, 0.15) is 194 Å². The Morgan fingerprint density at radius 3 is 1.06 bits per heavy atom. The van der Waals surface area contributed by atoms with Crippen LogP contribution in [-0.4, -0.2) is 70.2 Å². The van der Waals surface area contributed by atoms with E-state index >= 15 is 0 Å². The molecule has 0 aromatic heterocycles. The van der Waals surface area contributed by atoms with E-state index in [1.807, 2.05) is 0 Å². The van der Waals surface area contributed by atoms with Gasteiger partial charge < -0.3 is 36.3 Å². The number of allylic oxidation sites excluding steroid dienone is 4. The Morgan fingerprint density at radius 2 is 0.714 bits per heavy atom. The molecule has 1 rings (SSSR count). The topological polar surface area (TPSA) is 30.5 Å². The van der Waals surface area contributed by atoms with Crippen molar-refractivity contribution in [3.05, 3.63) is 24.3 Å². The molecular formula is C44H87BrN2O2. The van der Waals surface area contributed by atoms with E-state index in [2.05, 4.69) is 43.5 Å². The van der Waals surface area contributed by atoms with Crippen LogP contribution < -0.4 is 22.3 Å². The molecule has 4 nitrogen and oxygen atoms in total. The number of unbranched alkanes of at least 4 members (excludes halogenated alkanes) is 24. The van der Waals surface area contributed by atoms with Crippen molar-refractivity contribution in [3.8, 4) is 0 Å². The number of hydrogen-bond acceptors (Lipinski definition) is 3. The maximum Gasteiger partial charge on any atom is 0.103 e. The Hall–Kier alpha value is -0.200. The molecule has 1 saturated heterocycles. The van der Waals surface area contributed by atoms with Crippen LogP contribution in [0, 0.1) is 0 Å². The Labute approximate surface area is 318 Å². The lowest BCUT2D eigenvalue weighted by Gasteiger charge is -2.41. The summed E-state index contributed by atoms with van der Waals surface area (Å²) in [7, 11) is 0. The van der Waals surface area contributed by atoms with Crippen molar-refractivity contribution >= 4 is 0 Å². The van der Waals surface area contributed by atoms with Gasteiger partial charge in [-0.15, -0.1) is 0 Å². The summed E-state index contributed by atoms with van der Waals surface area (Å²) < 4.78 is 13.4. The molecule has 0 spiro atoms. The zero-order chi connectivity index (χ0) is 34.3. The molecular weight excluding hydrogens is 668 g/mol. The molecule has 0 radical (unpaired) electrons. The summed E-state index contributed by atoms with van der Waals surface area (Å²) in [4.78, 5) is 0. The third kappa shape index (κ3) is 34.6. The van der Waals surface area contributed by atoms with Crippen molar-refractivity contribution in [3.63, 3.8) is 0 Å². The standard InChI is InChI=1S/C44H87N2O2.BrH/c1-3-5-7-9-11-13-15-17-19-21-23-25-27-29-31-33-41-47-43-39-46(37-35-45-36-38-46)40-44-48-42-34-32-30-28-26-24-22-20-18-16-14-12-10-8-6-4-2;/h17-20,45H,3-16,21-44H2,1-2H3;1H/q+1;/p-1/b19-17-,20-18-;. The van der Waals surface area contributed by atoms with Crippen molar-refractivity contribution in [2.45, 2.75) is 194 Å². The zero-order valence-electron chi connectivity index (χ0n) is 33.3. The largest absolute Gasteiger partial charge is 1.00 e. The van der Waals surface area contributed by atoms with Gasteiger partial charge in [-0.2, -0.15) is 0 Å². The van der Waals surface area contributed by atoms with E-state index in [4.69, 9.17) is 9.47 Å². The summed E-state index contributed by atoms with van der Waals surface area (Å²) in [6, 6.07) is 0. The zero-order valence-corrected chi connectivity index (χ0v) is 34.9. The van der Waals surface area contributed by atoms with Crippen LogP contribution in [-0.2, 0) is 9.47 Å². The Kier molecular flexibility index (Phi) is 40.4. The first-order valence-corrected chi connectivity index (χ1v) is 21.8. The molecule has 0 aliphatic carbocycles. The lowest BCUT2D eigenvalue weighted by Crippen LogP contribution is -3.00. The van der Waals surface area contributed by atoms with Gasteiger partial charge in [0.2, 0.25) is 0 Å². The molecule has 1 N–H and O–H groups in total. The van der Waals surface area contributed by atoms with Gasteiger partial charge >= 0.3 is 0 Å². The predicted molar refractivity (Wildman–Crippen MR) is 213 cm³/mol. The average Bonchev–Trinajstić information content (AvgIpc) is 3.10. The van der Waals surface area contributed by atoms with Crippen LogP contribution >= 0.6 is 0 Å². The van der Waals surface area contributed by atoms with Crippen molar-refractivity contribution < 1.29 is 30.9 Å². The molecule has 0 bridgehead atoms. The van der Waals surface area contributed by atoms with Crippen LogP contribution in [0.5, 0.6) is 0 Å². The van der Waals surface area contributed by atoms with E-state index in [0.29, 0.717) is 0 Å². The molecule has 0 saturated carbocycles. The lowest BCUT2D eigenvalue weighted by atomic mass is 10.1. The van der Waals surface area contributed by atoms with Gasteiger partial charge in [0.15, 0.2) is 0 Å². The fourth-order valence-electron chi connectivity index (χ4n) is 7.05. The monoisotopic (exact) mass is 755 g/mol. The maximum absolute atomic E-state index is 6.13. The second-order valence-corrected chi connectivity index (χ2v) is 15.1. The van der Waals surface area contributed by atoms with Crippen molar-refractivity contribution in [1.29, 1.82) is 0 Å². The minimum atomic E-state index is 0. The summed E-state index contributed by atoms with van der Waals surface area (Å²) in [6.07, 6.45) is 47.8. The van der Waals surface area contributed by atoms with Crippen LogP contribution in [0.4, 0.5) is 0 Å². The smallest absolute Gasteiger partial charge is 0.103 e. The van der Waals surface area contributed by atoms with E-state index in [1.54, 1.807) is 0 Å². The number of ether oxygens (including phenoxy) is 2. The number of rotatable bonds is 38. The number of nitrogens with one attached hydrogen (secondary N) is 1. The molecule has 1 heterocycles. The normalized spacial score (nSPS) is 14.7. The molecule has 1 fully saturated rings. The van der Waals surface area contributed by atoms with Crippen molar-refractivity contribution in [2.24, 2.45) is 0 Å². The minimum Gasteiger partial charge on any atom is -1.00 e. The number of piperazine rings is 1. The molecule has 0 amide bonds. The predicted octanol–water partition coefficient (Wildman–Crippen LogP) is 9.52. The average molecular weight is 756 g/mol.